The third-order valence-electron chi connectivity index (χ3n) is 2.52. The van der Waals surface area contributed by atoms with Gasteiger partial charge in [0.05, 0.1) is 16.4 Å². The van der Waals surface area contributed by atoms with E-state index < -0.39 is 5.91 Å². The van der Waals surface area contributed by atoms with Crippen molar-refractivity contribution in [1.82, 2.24) is 20.4 Å². The van der Waals surface area contributed by atoms with Gasteiger partial charge in [0.1, 0.15) is 6.54 Å². The van der Waals surface area contributed by atoms with E-state index in [2.05, 4.69) is 10.3 Å². The molecule has 0 atom stereocenters. The summed E-state index contributed by atoms with van der Waals surface area (Å²) in [5.74, 6) is 4.99. The smallest absolute Gasteiger partial charge is 0.287 e. The molecular formula is C10H12ClN5O2. The van der Waals surface area contributed by atoms with Crippen LogP contribution in [0.1, 0.15) is 27.6 Å². The highest BCUT2D eigenvalue weighted by Crippen LogP contribution is 2.19. The number of hydrazine groups is 1. The fourth-order valence-corrected chi connectivity index (χ4v) is 1.68. The molecule has 3 N–H and O–H groups in total. The van der Waals surface area contributed by atoms with Gasteiger partial charge in [-0.1, -0.05) is 16.8 Å². The quantitative estimate of drug-likeness (QED) is 0.488. The molecule has 0 unspecified atom stereocenters. The van der Waals surface area contributed by atoms with Crippen molar-refractivity contribution in [3.05, 3.63) is 33.9 Å². The summed E-state index contributed by atoms with van der Waals surface area (Å²) >= 11 is 6.03. The van der Waals surface area contributed by atoms with E-state index in [1.54, 1.807) is 4.68 Å². The minimum Gasteiger partial charge on any atom is -0.359 e. The molecule has 18 heavy (non-hydrogen) atoms. The van der Waals surface area contributed by atoms with Crippen LogP contribution < -0.4 is 11.3 Å². The zero-order chi connectivity index (χ0) is 13.3. The standard InChI is InChI=1S/C10H12ClN5O2/c1-5-9(11)6(2)16(14-5)4-7-3-8(15-18-7)10(17)13-12/h3H,4,12H2,1-2H3,(H,13,17). The zero-order valence-electron chi connectivity index (χ0n) is 9.90. The normalized spacial score (nSPS) is 10.7. The van der Waals surface area contributed by atoms with E-state index in [1.807, 2.05) is 19.3 Å². The monoisotopic (exact) mass is 269 g/mol. The van der Waals surface area contributed by atoms with Gasteiger partial charge in [0, 0.05) is 6.07 Å². The molecule has 0 aliphatic carbocycles. The Morgan fingerprint density at radius 1 is 1.61 bits per heavy atom. The van der Waals surface area contributed by atoms with Gasteiger partial charge in [-0.25, -0.2) is 5.84 Å². The summed E-state index contributed by atoms with van der Waals surface area (Å²) in [5, 5.41) is 8.47. The van der Waals surface area contributed by atoms with Gasteiger partial charge in [-0.2, -0.15) is 5.10 Å². The molecule has 7 nitrogen and oxygen atoms in total. The number of aryl methyl sites for hydroxylation is 1. The molecule has 2 aromatic rings. The van der Waals surface area contributed by atoms with Crippen LogP contribution in [-0.4, -0.2) is 20.8 Å². The predicted molar refractivity (Wildman–Crippen MR) is 64.0 cm³/mol. The van der Waals surface area contributed by atoms with Crippen LogP contribution >= 0.6 is 11.6 Å². The highest BCUT2D eigenvalue weighted by molar-refractivity contribution is 6.31. The summed E-state index contributed by atoms with van der Waals surface area (Å²) in [7, 11) is 0. The Bertz CT molecular complexity index is 589. The van der Waals surface area contributed by atoms with E-state index in [9.17, 15) is 4.79 Å². The average Bonchev–Trinajstić information content (AvgIpc) is 2.91. The fourth-order valence-electron chi connectivity index (χ4n) is 1.55. The number of nitrogens with one attached hydrogen (secondary N) is 1. The Morgan fingerprint density at radius 3 is 2.89 bits per heavy atom. The number of carbonyl (C=O) groups is 1. The minimum atomic E-state index is -0.503. The second-order valence-electron chi connectivity index (χ2n) is 3.79. The number of halogens is 1. The summed E-state index contributed by atoms with van der Waals surface area (Å²) in [5.41, 5.74) is 3.68. The molecule has 0 fully saturated rings. The molecule has 96 valence electrons. The number of amides is 1. The molecule has 0 aliphatic rings. The fraction of sp³-hybridized carbons (Fsp3) is 0.300. The molecule has 2 rings (SSSR count). The van der Waals surface area contributed by atoms with Gasteiger partial charge in [0.25, 0.3) is 5.91 Å². The van der Waals surface area contributed by atoms with E-state index in [0.29, 0.717) is 17.3 Å². The molecule has 0 spiro atoms. The van der Waals surface area contributed by atoms with Crippen molar-refractivity contribution in [1.29, 1.82) is 0 Å². The van der Waals surface area contributed by atoms with Crippen LogP contribution in [0.5, 0.6) is 0 Å². The Balaban J connectivity index is 2.21. The highest BCUT2D eigenvalue weighted by Gasteiger charge is 2.14. The van der Waals surface area contributed by atoms with E-state index in [-0.39, 0.29) is 5.69 Å². The Hall–Kier alpha value is -1.86. The van der Waals surface area contributed by atoms with Crippen molar-refractivity contribution in [2.24, 2.45) is 5.84 Å². The lowest BCUT2D eigenvalue weighted by molar-refractivity contribution is 0.0944. The maximum absolute atomic E-state index is 11.2. The molecule has 0 aromatic carbocycles. The predicted octanol–water partition coefficient (Wildman–Crippen LogP) is 0.793. The van der Waals surface area contributed by atoms with Crippen LogP contribution in [0.2, 0.25) is 5.02 Å². The van der Waals surface area contributed by atoms with Crippen LogP contribution in [0.15, 0.2) is 10.6 Å². The van der Waals surface area contributed by atoms with Crippen LogP contribution in [0.4, 0.5) is 0 Å². The Morgan fingerprint density at radius 2 is 2.33 bits per heavy atom. The van der Waals surface area contributed by atoms with Crippen molar-refractivity contribution < 1.29 is 9.32 Å². The molecule has 2 heterocycles. The van der Waals surface area contributed by atoms with Crippen molar-refractivity contribution in [2.45, 2.75) is 20.4 Å². The maximum Gasteiger partial charge on any atom is 0.287 e. The molecule has 0 aliphatic heterocycles. The van der Waals surface area contributed by atoms with Gasteiger partial charge < -0.3 is 4.52 Å². The first kappa shape index (κ1) is 12.6. The van der Waals surface area contributed by atoms with Crippen molar-refractivity contribution in [2.75, 3.05) is 0 Å². The third-order valence-corrected chi connectivity index (χ3v) is 3.07. The topological polar surface area (TPSA) is 99.0 Å². The molecule has 0 saturated carbocycles. The second-order valence-corrected chi connectivity index (χ2v) is 4.17. The number of carbonyl (C=O) groups excluding carboxylic acids is 1. The minimum absolute atomic E-state index is 0.125. The first-order chi connectivity index (χ1) is 8.52. The van der Waals surface area contributed by atoms with Gasteiger partial charge in [-0.15, -0.1) is 0 Å². The number of nitrogens with zero attached hydrogens (tertiary/aromatic N) is 3. The lowest BCUT2D eigenvalue weighted by Gasteiger charge is -1.99. The first-order valence-corrected chi connectivity index (χ1v) is 5.56. The van der Waals surface area contributed by atoms with E-state index in [4.69, 9.17) is 22.0 Å². The van der Waals surface area contributed by atoms with Gasteiger partial charge in [0.15, 0.2) is 11.5 Å². The molecule has 0 bridgehead atoms. The van der Waals surface area contributed by atoms with Gasteiger partial charge in [-0.3, -0.25) is 14.9 Å². The number of hydrogen-bond donors (Lipinski definition) is 2. The molecule has 1 amide bonds. The third kappa shape index (κ3) is 2.22. The van der Waals surface area contributed by atoms with Crippen LogP contribution in [0, 0.1) is 13.8 Å². The van der Waals surface area contributed by atoms with Crippen molar-refractivity contribution >= 4 is 17.5 Å². The van der Waals surface area contributed by atoms with Gasteiger partial charge in [-0.05, 0) is 13.8 Å². The van der Waals surface area contributed by atoms with Gasteiger partial charge in [0.2, 0.25) is 0 Å². The lowest BCUT2D eigenvalue weighted by Crippen LogP contribution is -2.30. The summed E-state index contributed by atoms with van der Waals surface area (Å²) in [4.78, 5) is 11.2. The SMILES string of the molecule is Cc1nn(Cc2cc(C(=O)NN)no2)c(C)c1Cl. The number of rotatable bonds is 3. The summed E-state index contributed by atoms with van der Waals surface area (Å²) in [6, 6.07) is 1.51. The van der Waals surface area contributed by atoms with Crippen molar-refractivity contribution in [3.63, 3.8) is 0 Å². The second kappa shape index (κ2) is 4.79. The van der Waals surface area contributed by atoms with Crippen molar-refractivity contribution in [3.8, 4) is 0 Å². The molecular weight excluding hydrogens is 258 g/mol. The van der Waals surface area contributed by atoms with E-state index in [1.165, 1.54) is 6.07 Å². The maximum atomic E-state index is 11.2. The lowest BCUT2D eigenvalue weighted by atomic mass is 10.3. The van der Waals surface area contributed by atoms with E-state index in [0.717, 1.165) is 11.4 Å². The summed E-state index contributed by atoms with van der Waals surface area (Å²) < 4.78 is 6.71. The summed E-state index contributed by atoms with van der Waals surface area (Å²) in [6.45, 7) is 4.02. The van der Waals surface area contributed by atoms with E-state index >= 15 is 0 Å². The van der Waals surface area contributed by atoms with Crippen LogP contribution in [0.25, 0.3) is 0 Å². The summed E-state index contributed by atoms with van der Waals surface area (Å²) in [6.07, 6.45) is 0. The molecule has 0 radical (unpaired) electrons. The largest absolute Gasteiger partial charge is 0.359 e. The first-order valence-electron chi connectivity index (χ1n) is 5.19. The molecule has 8 heteroatoms. The number of aromatic nitrogens is 3. The zero-order valence-corrected chi connectivity index (χ0v) is 10.7. The molecule has 0 saturated heterocycles. The molecule has 2 aromatic heterocycles. The average molecular weight is 270 g/mol. The Kier molecular flexibility index (Phi) is 3.35. The number of nitrogens with two attached hydrogens (primary N) is 1. The highest BCUT2D eigenvalue weighted by atomic mass is 35.5. The Labute approximate surface area is 108 Å². The van der Waals surface area contributed by atoms with Crippen LogP contribution in [-0.2, 0) is 6.54 Å². The van der Waals surface area contributed by atoms with Crippen LogP contribution in [0.3, 0.4) is 0 Å². The van der Waals surface area contributed by atoms with Gasteiger partial charge >= 0.3 is 0 Å². The number of nitrogen functional groups attached to an aromatic ring is 1. The number of hydrogen-bond acceptors (Lipinski definition) is 5.